The molecule has 0 atom stereocenters. The Morgan fingerprint density at radius 3 is 1.80 bits per heavy atom. The molecule has 0 radical (unpaired) electrons. The van der Waals surface area contributed by atoms with Gasteiger partial charge in [0.1, 0.15) is 0 Å². The maximum atomic E-state index is 11.0. The maximum Gasteiger partial charge on any atom is 0.332 e. The molecule has 0 rings (SSSR count). The summed E-state index contributed by atoms with van der Waals surface area (Å²) in [6.45, 7) is 3.91. The molecule has 0 unspecified atom stereocenters. The molecule has 0 aromatic carbocycles. The highest BCUT2D eigenvalue weighted by atomic mass is 17.2. The van der Waals surface area contributed by atoms with Gasteiger partial charge >= 0.3 is 17.9 Å². The molecule has 86 valence electrons. The van der Waals surface area contributed by atoms with Crippen molar-refractivity contribution in [3.05, 3.63) is 0 Å². The lowest BCUT2D eigenvalue weighted by atomic mass is 10.3. The van der Waals surface area contributed by atoms with Crippen LogP contribution in [0.15, 0.2) is 0 Å². The fourth-order valence-electron chi connectivity index (χ4n) is 0.599. The molecule has 0 N–H and O–H groups in total. The fourth-order valence-corrected chi connectivity index (χ4v) is 0.599. The lowest BCUT2D eigenvalue weighted by Crippen LogP contribution is -2.31. The van der Waals surface area contributed by atoms with Gasteiger partial charge in [-0.05, 0) is 6.42 Å². The van der Waals surface area contributed by atoms with Crippen LogP contribution in [0, 0.1) is 0 Å². The van der Waals surface area contributed by atoms with E-state index in [0.717, 1.165) is 13.8 Å². The summed E-state index contributed by atoms with van der Waals surface area (Å²) in [5, 5.41) is 0.0999. The molecule has 7 heteroatoms. The van der Waals surface area contributed by atoms with Gasteiger partial charge < -0.3 is 14.5 Å². The molecule has 7 nitrogen and oxygen atoms in total. The zero-order valence-electron chi connectivity index (χ0n) is 8.81. The van der Waals surface area contributed by atoms with Crippen LogP contribution in [0.25, 0.3) is 0 Å². The second-order valence-corrected chi connectivity index (χ2v) is 2.60. The molecular weight excluding hydrogens is 206 g/mol. The van der Waals surface area contributed by atoms with E-state index in [2.05, 4.69) is 14.5 Å². The predicted molar refractivity (Wildman–Crippen MR) is 46.4 cm³/mol. The van der Waals surface area contributed by atoms with Crippen molar-refractivity contribution in [3.8, 4) is 0 Å². The molecule has 0 aliphatic heterocycles. The van der Waals surface area contributed by atoms with Gasteiger partial charge in [0.2, 0.25) is 5.39 Å². The van der Waals surface area contributed by atoms with E-state index >= 15 is 0 Å². The molecule has 0 saturated carbocycles. The smallest absolute Gasteiger partial charge is 0.301 e. The normalized spacial score (nSPS) is 9.60. The average molecular weight is 219 g/mol. The molecule has 0 saturated heterocycles. The Kier molecular flexibility index (Phi) is 6.03. The molecule has 0 aromatic heterocycles. The highest BCUT2D eigenvalue weighted by Crippen LogP contribution is 2.00. The molecule has 0 heterocycles. The van der Waals surface area contributed by atoms with E-state index in [1.807, 2.05) is 0 Å². The summed E-state index contributed by atoms with van der Waals surface area (Å²) < 4.78 is 0. The second kappa shape index (κ2) is 6.77. The van der Waals surface area contributed by atoms with E-state index in [1.165, 1.54) is 0 Å². The first kappa shape index (κ1) is 13.4. The third kappa shape index (κ3) is 7.44. The summed E-state index contributed by atoms with van der Waals surface area (Å²) >= 11 is 0. The van der Waals surface area contributed by atoms with Crippen LogP contribution in [0.2, 0.25) is 0 Å². The summed E-state index contributed by atoms with van der Waals surface area (Å²) in [5.74, 6) is -2.22. The van der Waals surface area contributed by atoms with Crippen molar-refractivity contribution in [1.82, 2.24) is 5.39 Å². The van der Waals surface area contributed by atoms with Gasteiger partial charge in [0.05, 0.1) is 0 Å². The fraction of sp³-hybridized carbons (Fsp3) is 0.625. The van der Waals surface area contributed by atoms with Crippen LogP contribution in [0.4, 0.5) is 0 Å². The zero-order valence-corrected chi connectivity index (χ0v) is 8.81. The first-order valence-corrected chi connectivity index (χ1v) is 4.33. The molecular formula is C8H13NO6. The van der Waals surface area contributed by atoms with Gasteiger partial charge in [-0.15, -0.1) is 0 Å². The minimum Gasteiger partial charge on any atom is -0.301 e. The SMILES string of the molecule is CCCC(=O)ON(OC(C)=O)OC(C)=O. The minimum absolute atomic E-state index is 0.0999. The van der Waals surface area contributed by atoms with Crippen molar-refractivity contribution in [2.75, 3.05) is 0 Å². The van der Waals surface area contributed by atoms with Crippen LogP contribution in [-0.2, 0) is 28.9 Å². The molecule has 0 spiro atoms. The predicted octanol–water partition coefficient (Wildman–Crippen LogP) is 0.503. The quantitative estimate of drug-likeness (QED) is 0.622. The van der Waals surface area contributed by atoms with Gasteiger partial charge in [-0.2, -0.15) is 0 Å². The van der Waals surface area contributed by atoms with Gasteiger partial charge in [-0.25, -0.2) is 0 Å². The van der Waals surface area contributed by atoms with Gasteiger partial charge in [-0.1, -0.05) is 6.92 Å². The number of hydrogen-bond donors (Lipinski definition) is 0. The molecule has 0 aliphatic carbocycles. The maximum absolute atomic E-state index is 11.0. The van der Waals surface area contributed by atoms with Crippen molar-refractivity contribution in [2.45, 2.75) is 33.6 Å². The van der Waals surface area contributed by atoms with Gasteiger partial charge in [-0.3, -0.25) is 14.4 Å². The van der Waals surface area contributed by atoms with E-state index in [0.29, 0.717) is 6.42 Å². The van der Waals surface area contributed by atoms with E-state index in [4.69, 9.17) is 0 Å². The Morgan fingerprint density at radius 2 is 1.47 bits per heavy atom. The molecule has 0 amide bonds. The van der Waals surface area contributed by atoms with Crippen molar-refractivity contribution in [3.63, 3.8) is 0 Å². The largest absolute Gasteiger partial charge is 0.332 e. The number of nitrogens with zero attached hydrogens (tertiary/aromatic N) is 1. The lowest BCUT2D eigenvalue weighted by Gasteiger charge is -2.15. The van der Waals surface area contributed by atoms with E-state index in [-0.39, 0.29) is 11.8 Å². The van der Waals surface area contributed by atoms with E-state index < -0.39 is 17.9 Å². The van der Waals surface area contributed by atoms with Crippen molar-refractivity contribution < 1.29 is 28.9 Å². The summed E-state index contributed by atoms with van der Waals surface area (Å²) in [4.78, 5) is 45.0. The Hall–Kier alpha value is -1.63. The number of rotatable bonds is 5. The Morgan fingerprint density at radius 1 is 1.00 bits per heavy atom. The highest BCUT2D eigenvalue weighted by molar-refractivity contribution is 5.70. The van der Waals surface area contributed by atoms with Crippen LogP contribution < -0.4 is 0 Å². The van der Waals surface area contributed by atoms with Crippen LogP contribution >= 0.6 is 0 Å². The van der Waals surface area contributed by atoms with Gasteiger partial charge in [0.15, 0.2) is 0 Å². The summed E-state index contributed by atoms with van der Waals surface area (Å²) in [6, 6.07) is 0. The van der Waals surface area contributed by atoms with Crippen LogP contribution in [0.3, 0.4) is 0 Å². The molecule has 0 fully saturated rings. The Bertz CT molecular complexity index is 236. The third-order valence-electron chi connectivity index (χ3n) is 1.04. The second-order valence-electron chi connectivity index (χ2n) is 2.60. The molecule has 0 aromatic rings. The number of carbonyl (C=O) groups is 3. The highest BCUT2D eigenvalue weighted by Gasteiger charge is 2.18. The van der Waals surface area contributed by atoms with Crippen molar-refractivity contribution in [2.24, 2.45) is 0 Å². The van der Waals surface area contributed by atoms with Crippen LogP contribution in [0.5, 0.6) is 0 Å². The molecule has 15 heavy (non-hydrogen) atoms. The first-order chi connectivity index (χ1) is 6.95. The number of carbonyl (C=O) groups excluding carboxylic acids is 3. The van der Waals surface area contributed by atoms with E-state index in [1.54, 1.807) is 6.92 Å². The first-order valence-electron chi connectivity index (χ1n) is 4.33. The zero-order chi connectivity index (χ0) is 11.8. The van der Waals surface area contributed by atoms with Gasteiger partial charge in [0, 0.05) is 20.3 Å². The molecule has 0 bridgehead atoms. The lowest BCUT2D eigenvalue weighted by molar-refractivity contribution is -0.463. The topological polar surface area (TPSA) is 82.1 Å². The Labute approximate surface area is 86.7 Å². The van der Waals surface area contributed by atoms with Crippen molar-refractivity contribution in [1.29, 1.82) is 0 Å². The van der Waals surface area contributed by atoms with Crippen molar-refractivity contribution >= 4 is 17.9 Å². The molecule has 0 aliphatic rings. The van der Waals surface area contributed by atoms with Crippen LogP contribution in [0.1, 0.15) is 33.6 Å². The van der Waals surface area contributed by atoms with Gasteiger partial charge in [0.25, 0.3) is 0 Å². The third-order valence-corrected chi connectivity index (χ3v) is 1.04. The summed E-state index contributed by atoms with van der Waals surface area (Å²) in [6.07, 6.45) is 0.686. The summed E-state index contributed by atoms with van der Waals surface area (Å²) in [7, 11) is 0. The van der Waals surface area contributed by atoms with Crippen LogP contribution in [-0.4, -0.2) is 23.3 Å². The number of hydrogen-bond acceptors (Lipinski definition) is 7. The van der Waals surface area contributed by atoms with E-state index in [9.17, 15) is 14.4 Å². The Balaban J connectivity index is 4.16. The summed E-state index contributed by atoms with van der Waals surface area (Å²) in [5.41, 5.74) is 0. The minimum atomic E-state index is -0.777. The standard InChI is InChI=1S/C8H13NO6/c1-4-5-8(12)15-9(13-6(2)10)14-7(3)11/h4-5H2,1-3H3. The monoisotopic (exact) mass is 219 g/mol. The average Bonchev–Trinajstić information content (AvgIpc) is 2.00.